The first-order valence-corrected chi connectivity index (χ1v) is 11.8. The number of carbonyl (C=O) groups excluding carboxylic acids is 3. The van der Waals surface area contributed by atoms with Gasteiger partial charge in [-0.05, 0) is 60.4 Å². The van der Waals surface area contributed by atoms with Crippen molar-refractivity contribution < 1.29 is 29.3 Å². The van der Waals surface area contributed by atoms with Crippen molar-refractivity contribution in [1.82, 2.24) is 0 Å². The molecule has 7 heteroatoms. The van der Waals surface area contributed by atoms with Crippen molar-refractivity contribution in [2.75, 3.05) is 11.5 Å². The third-order valence-electron chi connectivity index (χ3n) is 6.02. The highest BCUT2D eigenvalue weighted by Gasteiger charge is 2.44. The molecule has 0 aliphatic carbocycles. The van der Waals surface area contributed by atoms with Gasteiger partial charge in [0, 0.05) is 12.1 Å². The van der Waals surface area contributed by atoms with Crippen LogP contribution in [0, 0.1) is 0 Å². The molecule has 1 heterocycles. The van der Waals surface area contributed by atoms with E-state index in [1.807, 2.05) is 37.3 Å². The van der Waals surface area contributed by atoms with Crippen LogP contribution >= 0.6 is 0 Å². The summed E-state index contributed by atoms with van der Waals surface area (Å²) in [7, 11) is 0. The topological polar surface area (TPSA) is 104 Å². The molecule has 3 aromatic rings. The molecular formula is C29H27NO6. The van der Waals surface area contributed by atoms with Gasteiger partial charge in [0.15, 0.2) is 11.5 Å². The zero-order chi connectivity index (χ0) is 25.7. The molecular weight excluding hydrogens is 458 g/mol. The number of benzene rings is 3. The van der Waals surface area contributed by atoms with E-state index in [9.17, 15) is 24.6 Å². The number of aliphatic hydroxyl groups excluding tert-OH is 1. The van der Waals surface area contributed by atoms with Gasteiger partial charge < -0.3 is 14.9 Å². The number of hydrogen-bond acceptors (Lipinski definition) is 6. The zero-order valence-corrected chi connectivity index (χ0v) is 19.9. The molecule has 0 spiro atoms. The molecule has 0 bridgehead atoms. The van der Waals surface area contributed by atoms with Crippen molar-refractivity contribution in [1.29, 1.82) is 0 Å². The first-order valence-electron chi connectivity index (χ1n) is 11.8. The Bertz CT molecular complexity index is 1280. The number of phenolic OH excluding ortho intramolecular Hbond substituents is 1. The second-order valence-corrected chi connectivity index (χ2v) is 8.52. The van der Waals surface area contributed by atoms with Crippen molar-refractivity contribution in [2.24, 2.45) is 0 Å². The summed E-state index contributed by atoms with van der Waals surface area (Å²) in [5.41, 5.74) is 2.27. The Morgan fingerprint density at radius 2 is 1.58 bits per heavy atom. The van der Waals surface area contributed by atoms with Crippen molar-refractivity contribution >= 4 is 23.3 Å². The number of ketones is 1. The minimum atomic E-state index is -0.890. The lowest BCUT2D eigenvalue weighted by molar-refractivity contribution is -0.118. The van der Waals surface area contributed by atoms with Crippen LogP contribution < -0.4 is 4.90 Å². The molecule has 1 atom stereocenters. The van der Waals surface area contributed by atoms with Gasteiger partial charge in [0.2, 0.25) is 0 Å². The van der Waals surface area contributed by atoms with Crippen molar-refractivity contribution in [3.8, 4) is 5.75 Å². The number of aromatic hydroxyl groups is 1. The molecule has 1 unspecified atom stereocenters. The maximum absolute atomic E-state index is 13.3. The number of aryl methyl sites for hydroxylation is 1. The first-order chi connectivity index (χ1) is 17.4. The molecule has 0 aromatic heterocycles. The van der Waals surface area contributed by atoms with E-state index < -0.39 is 23.7 Å². The van der Waals surface area contributed by atoms with Gasteiger partial charge in [0.1, 0.15) is 5.75 Å². The van der Waals surface area contributed by atoms with Gasteiger partial charge in [0.05, 0.1) is 23.8 Å². The third kappa shape index (κ3) is 5.15. The summed E-state index contributed by atoms with van der Waals surface area (Å²) in [5.74, 6) is -2.08. The molecule has 0 fully saturated rings. The molecule has 1 aliphatic rings. The molecule has 1 aliphatic heterocycles. The first kappa shape index (κ1) is 24.7. The van der Waals surface area contributed by atoms with Crippen LogP contribution in [0.1, 0.15) is 47.3 Å². The molecule has 0 saturated carbocycles. The molecule has 0 saturated heterocycles. The van der Waals surface area contributed by atoms with Gasteiger partial charge in [0.25, 0.3) is 5.91 Å². The Morgan fingerprint density at radius 1 is 0.917 bits per heavy atom. The lowest BCUT2D eigenvalue weighted by Crippen LogP contribution is -2.31. The predicted molar refractivity (Wildman–Crippen MR) is 135 cm³/mol. The molecule has 1 amide bonds. The van der Waals surface area contributed by atoms with Gasteiger partial charge >= 0.3 is 5.97 Å². The fourth-order valence-corrected chi connectivity index (χ4v) is 4.20. The lowest BCUT2D eigenvalue weighted by Gasteiger charge is -2.27. The maximum atomic E-state index is 13.3. The normalized spacial score (nSPS) is 15.3. The summed E-state index contributed by atoms with van der Waals surface area (Å²) in [4.78, 5) is 40.1. The summed E-state index contributed by atoms with van der Waals surface area (Å²) in [6.45, 7) is 2.21. The number of aliphatic hydroxyl groups is 1. The fraction of sp³-hybridized carbons (Fsp3) is 0.207. The number of esters is 1. The van der Waals surface area contributed by atoms with Crippen LogP contribution in [0.2, 0.25) is 0 Å². The van der Waals surface area contributed by atoms with E-state index >= 15 is 0 Å². The molecule has 36 heavy (non-hydrogen) atoms. The number of anilines is 1. The summed E-state index contributed by atoms with van der Waals surface area (Å²) in [6.07, 6.45) is 1.27. The van der Waals surface area contributed by atoms with Crippen molar-refractivity contribution in [3.63, 3.8) is 0 Å². The van der Waals surface area contributed by atoms with Crippen molar-refractivity contribution in [2.45, 2.75) is 32.2 Å². The Labute approximate surface area is 209 Å². The zero-order valence-electron chi connectivity index (χ0n) is 19.9. The number of carbonyl (C=O) groups is 3. The number of ether oxygens (including phenoxy) is 1. The number of nitrogens with zero attached hydrogens (tertiary/aromatic N) is 1. The van der Waals surface area contributed by atoms with Crippen LogP contribution in [0.25, 0.3) is 0 Å². The minimum Gasteiger partial charge on any atom is -0.508 e. The third-order valence-corrected chi connectivity index (χ3v) is 6.02. The smallest absolute Gasteiger partial charge is 0.338 e. The van der Waals surface area contributed by atoms with E-state index in [0.29, 0.717) is 36.3 Å². The van der Waals surface area contributed by atoms with Crippen molar-refractivity contribution in [3.05, 3.63) is 107 Å². The SMILES string of the molecule is CCCOC(=O)c1ccc(N2C(=O)C(O)=C(C(=O)CCc3ccccc3)C2c2ccc(O)cc2)cc1. The minimum absolute atomic E-state index is 0.00746. The van der Waals surface area contributed by atoms with Crippen LogP contribution in [-0.4, -0.2) is 34.5 Å². The second-order valence-electron chi connectivity index (χ2n) is 8.52. The maximum Gasteiger partial charge on any atom is 0.338 e. The van der Waals surface area contributed by atoms with Gasteiger partial charge in [-0.2, -0.15) is 0 Å². The molecule has 184 valence electrons. The Morgan fingerprint density at radius 3 is 2.22 bits per heavy atom. The summed E-state index contributed by atoms with van der Waals surface area (Å²) < 4.78 is 5.16. The predicted octanol–water partition coefficient (Wildman–Crippen LogP) is 5.06. The molecule has 2 N–H and O–H groups in total. The molecule has 3 aromatic carbocycles. The van der Waals surface area contributed by atoms with E-state index in [0.717, 1.165) is 5.56 Å². The monoisotopic (exact) mass is 485 g/mol. The van der Waals surface area contributed by atoms with E-state index in [1.54, 1.807) is 36.4 Å². The second kappa shape index (κ2) is 10.9. The lowest BCUT2D eigenvalue weighted by atomic mass is 9.93. The quantitative estimate of drug-likeness (QED) is 0.411. The number of hydrogen-bond donors (Lipinski definition) is 2. The number of phenols is 1. The Balaban J connectivity index is 1.66. The average molecular weight is 486 g/mol. The van der Waals surface area contributed by atoms with Crippen LogP contribution in [0.3, 0.4) is 0 Å². The van der Waals surface area contributed by atoms with E-state index in [2.05, 4.69) is 0 Å². The standard InChI is InChI=1S/C29H27NO6/c1-2-18-36-29(35)21-9-13-22(14-10-21)30-26(20-11-15-23(31)16-12-20)25(27(33)28(30)34)24(32)17-8-19-6-4-3-5-7-19/h3-7,9-16,26,31,33H,2,8,17-18H2,1H3. The van der Waals surface area contributed by atoms with E-state index in [-0.39, 0.29) is 23.5 Å². The highest BCUT2D eigenvalue weighted by Crippen LogP contribution is 2.41. The van der Waals surface area contributed by atoms with Gasteiger partial charge in [-0.15, -0.1) is 0 Å². The van der Waals surface area contributed by atoms with Gasteiger partial charge in [-0.1, -0.05) is 49.4 Å². The molecule has 4 rings (SSSR count). The van der Waals surface area contributed by atoms with Gasteiger partial charge in [-0.3, -0.25) is 14.5 Å². The highest BCUT2D eigenvalue weighted by molar-refractivity contribution is 6.16. The van der Waals surface area contributed by atoms with E-state index in [4.69, 9.17) is 4.74 Å². The summed E-state index contributed by atoms with van der Waals surface area (Å²) >= 11 is 0. The summed E-state index contributed by atoms with van der Waals surface area (Å²) in [5, 5.41) is 20.6. The number of rotatable bonds is 9. The molecule has 7 nitrogen and oxygen atoms in total. The molecule has 0 radical (unpaired) electrons. The summed E-state index contributed by atoms with van der Waals surface area (Å²) in [6, 6.07) is 21.0. The van der Waals surface area contributed by atoms with Crippen LogP contribution in [-0.2, 0) is 20.7 Å². The largest absolute Gasteiger partial charge is 0.508 e. The Kier molecular flexibility index (Phi) is 7.49. The van der Waals surface area contributed by atoms with E-state index in [1.165, 1.54) is 17.0 Å². The Hall–Kier alpha value is -4.39. The van der Waals surface area contributed by atoms with Gasteiger partial charge in [-0.25, -0.2) is 4.79 Å². The van der Waals surface area contributed by atoms with Crippen LogP contribution in [0.15, 0.2) is 90.2 Å². The van der Waals surface area contributed by atoms with Crippen LogP contribution in [0.5, 0.6) is 5.75 Å². The number of Topliss-reactive ketones (excluding diaryl/α,β-unsaturated/α-hetero) is 1. The fourth-order valence-electron chi connectivity index (χ4n) is 4.20. The highest BCUT2D eigenvalue weighted by atomic mass is 16.5. The average Bonchev–Trinajstić information content (AvgIpc) is 3.17. The van der Waals surface area contributed by atoms with Crippen LogP contribution in [0.4, 0.5) is 5.69 Å². The number of amides is 1.